The summed E-state index contributed by atoms with van der Waals surface area (Å²) >= 11 is 2.45. The molecule has 0 aromatic carbocycles. The second-order valence-corrected chi connectivity index (χ2v) is 7.23. The number of piperidine rings is 1. The molecule has 1 unspecified atom stereocenters. The van der Waals surface area contributed by atoms with Gasteiger partial charge in [-0.1, -0.05) is 0 Å². The number of aryl methyl sites for hydroxylation is 2. The minimum atomic E-state index is 0.447. The predicted octanol–water partition coefficient (Wildman–Crippen LogP) is 2.96. The highest BCUT2D eigenvalue weighted by Gasteiger charge is 2.34. The van der Waals surface area contributed by atoms with Crippen LogP contribution in [0.3, 0.4) is 0 Å². The van der Waals surface area contributed by atoms with Crippen LogP contribution in [0.4, 0.5) is 0 Å². The molecule has 1 saturated heterocycles. The van der Waals surface area contributed by atoms with Gasteiger partial charge in [0.05, 0.1) is 5.92 Å². The van der Waals surface area contributed by atoms with E-state index in [0.717, 1.165) is 13.0 Å². The standard InChI is InChI=1S/C15H19IN4/c16-20-8-3-11(4-9-20)13-14-12(1-5-17-14)2-7-19-10-6-18-15(13)19/h1,5-6,10-11,13,17H,2-4,7-9H2. The van der Waals surface area contributed by atoms with Crippen molar-refractivity contribution in [3.8, 4) is 0 Å². The van der Waals surface area contributed by atoms with Crippen molar-refractivity contribution in [2.24, 2.45) is 5.92 Å². The van der Waals surface area contributed by atoms with Crippen LogP contribution < -0.4 is 0 Å². The molecule has 2 aliphatic heterocycles. The topological polar surface area (TPSA) is 36.9 Å². The van der Waals surface area contributed by atoms with Crippen molar-refractivity contribution in [3.05, 3.63) is 41.7 Å². The van der Waals surface area contributed by atoms with E-state index in [1.807, 2.05) is 6.20 Å². The first-order valence-corrected chi connectivity index (χ1v) is 8.37. The molecule has 4 heterocycles. The molecule has 0 amide bonds. The van der Waals surface area contributed by atoms with Crippen LogP contribution in [0.1, 0.15) is 35.8 Å². The highest BCUT2D eigenvalue weighted by atomic mass is 127. The van der Waals surface area contributed by atoms with Crippen LogP contribution in [-0.2, 0) is 13.0 Å². The van der Waals surface area contributed by atoms with Crippen LogP contribution in [0.2, 0.25) is 0 Å². The number of hydrogen-bond acceptors (Lipinski definition) is 2. The molecule has 2 aromatic heterocycles. The Hall–Kier alpha value is -0.820. The number of halogens is 1. The molecule has 1 atom stereocenters. The van der Waals surface area contributed by atoms with E-state index >= 15 is 0 Å². The molecule has 0 radical (unpaired) electrons. The maximum absolute atomic E-state index is 4.70. The molecule has 5 heteroatoms. The van der Waals surface area contributed by atoms with Crippen molar-refractivity contribution < 1.29 is 0 Å². The number of aromatic nitrogens is 3. The average molecular weight is 382 g/mol. The average Bonchev–Trinajstić information content (AvgIpc) is 3.07. The van der Waals surface area contributed by atoms with Gasteiger partial charge in [-0.3, -0.25) is 0 Å². The van der Waals surface area contributed by atoms with E-state index in [2.05, 4.69) is 54.0 Å². The molecule has 0 saturated carbocycles. The number of rotatable bonds is 1. The Morgan fingerprint density at radius 3 is 2.95 bits per heavy atom. The summed E-state index contributed by atoms with van der Waals surface area (Å²) in [7, 11) is 0. The maximum atomic E-state index is 4.70. The zero-order chi connectivity index (χ0) is 13.5. The van der Waals surface area contributed by atoms with Crippen molar-refractivity contribution in [3.63, 3.8) is 0 Å². The first-order valence-electron chi connectivity index (χ1n) is 7.41. The van der Waals surface area contributed by atoms with E-state index in [-0.39, 0.29) is 0 Å². The normalized spacial score (nSPS) is 24.1. The summed E-state index contributed by atoms with van der Waals surface area (Å²) in [5, 5.41) is 0. The minimum Gasteiger partial charge on any atom is -0.364 e. The van der Waals surface area contributed by atoms with Gasteiger partial charge in [-0.05, 0) is 36.8 Å². The predicted molar refractivity (Wildman–Crippen MR) is 86.9 cm³/mol. The summed E-state index contributed by atoms with van der Waals surface area (Å²) in [5.41, 5.74) is 2.90. The SMILES string of the molecule is IN1CCC(C2c3[nH]ccc3CCn3ccnc32)CC1. The number of imidazole rings is 1. The van der Waals surface area contributed by atoms with Gasteiger partial charge >= 0.3 is 0 Å². The van der Waals surface area contributed by atoms with Gasteiger partial charge in [0.25, 0.3) is 0 Å². The number of fused-ring (bicyclic) bond motifs is 2. The zero-order valence-corrected chi connectivity index (χ0v) is 13.6. The molecule has 20 heavy (non-hydrogen) atoms. The van der Waals surface area contributed by atoms with E-state index in [9.17, 15) is 0 Å². The number of hydrogen-bond donors (Lipinski definition) is 1. The lowest BCUT2D eigenvalue weighted by atomic mass is 9.81. The number of nitrogens with zero attached hydrogens (tertiary/aromatic N) is 3. The van der Waals surface area contributed by atoms with Crippen LogP contribution in [-0.4, -0.2) is 30.7 Å². The first kappa shape index (κ1) is 12.9. The minimum absolute atomic E-state index is 0.447. The zero-order valence-electron chi connectivity index (χ0n) is 11.4. The maximum Gasteiger partial charge on any atom is 0.118 e. The molecular weight excluding hydrogens is 363 g/mol. The third-order valence-electron chi connectivity index (χ3n) is 4.78. The lowest BCUT2D eigenvalue weighted by Crippen LogP contribution is -2.30. The van der Waals surface area contributed by atoms with Gasteiger partial charge in [0.1, 0.15) is 5.82 Å². The number of nitrogens with one attached hydrogen (secondary N) is 1. The Morgan fingerprint density at radius 1 is 1.25 bits per heavy atom. The van der Waals surface area contributed by atoms with Crippen LogP contribution in [0.25, 0.3) is 0 Å². The van der Waals surface area contributed by atoms with E-state index in [1.165, 1.54) is 43.0 Å². The molecule has 2 aliphatic rings. The third kappa shape index (κ3) is 2.11. The first-order chi connectivity index (χ1) is 9.83. The van der Waals surface area contributed by atoms with E-state index in [0.29, 0.717) is 11.8 Å². The summed E-state index contributed by atoms with van der Waals surface area (Å²) in [4.78, 5) is 8.22. The van der Waals surface area contributed by atoms with Crippen molar-refractivity contribution in [1.29, 1.82) is 0 Å². The summed E-state index contributed by atoms with van der Waals surface area (Å²) in [6.07, 6.45) is 9.84. The van der Waals surface area contributed by atoms with Gasteiger partial charge in [0, 0.05) is 66.8 Å². The second kappa shape index (κ2) is 5.18. The molecule has 1 fully saturated rings. The van der Waals surface area contributed by atoms with Crippen LogP contribution >= 0.6 is 22.9 Å². The van der Waals surface area contributed by atoms with Crippen molar-refractivity contribution in [2.75, 3.05) is 13.1 Å². The lowest BCUT2D eigenvalue weighted by molar-refractivity contribution is 0.278. The molecule has 106 valence electrons. The summed E-state index contributed by atoms with van der Waals surface area (Å²) in [6.45, 7) is 3.44. The Balaban J connectivity index is 1.75. The second-order valence-electron chi connectivity index (χ2n) is 5.87. The smallest absolute Gasteiger partial charge is 0.118 e. The van der Waals surface area contributed by atoms with Crippen LogP contribution in [0.5, 0.6) is 0 Å². The highest BCUT2D eigenvalue weighted by Crippen LogP contribution is 2.40. The Labute approximate surface area is 133 Å². The quantitative estimate of drug-likeness (QED) is 0.608. The monoisotopic (exact) mass is 382 g/mol. The molecule has 0 bridgehead atoms. The third-order valence-corrected chi connectivity index (χ3v) is 5.75. The Bertz CT molecular complexity index is 552. The lowest BCUT2D eigenvalue weighted by Gasteiger charge is -2.32. The van der Waals surface area contributed by atoms with Gasteiger partial charge in [0.2, 0.25) is 0 Å². The largest absolute Gasteiger partial charge is 0.364 e. The highest BCUT2D eigenvalue weighted by molar-refractivity contribution is 14.1. The van der Waals surface area contributed by atoms with Crippen molar-refractivity contribution in [1.82, 2.24) is 17.6 Å². The molecule has 0 aliphatic carbocycles. The van der Waals surface area contributed by atoms with Gasteiger partial charge in [-0.2, -0.15) is 0 Å². The molecule has 1 N–H and O–H groups in total. The molecule has 0 spiro atoms. The van der Waals surface area contributed by atoms with Gasteiger partial charge in [0.15, 0.2) is 0 Å². The summed E-state index contributed by atoms with van der Waals surface area (Å²) in [6, 6.07) is 2.25. The molecule has 2 aromatic rings. The fraction of sp³-hybridized carbons (Fsp3) is 0.533. The van der Waals surface area contributed by atoms with Crippen molar-refractivity contribution in [2.45, 2.75) is 31.7 Å². The fourth-order valence-electron chi connectivity index (χ4n) is 3.73. The Morgan fingerprint density at radius 2 is 2.10 bits per heavy atom. The van der Waals surface area contributed by atoms with Crippen LogP contribution in [0, 0.1) is 5.92 Å². The van der Waals surface area contributed by atoms with Gasteiger partial charge in [-0.15, -0.1) is 0 Å². The summed E-state index contributed by atoms with van der Waals surface area (Å²) < 4.78 is 4.77. The van der Waals surface area contributed by atoms with Gasteiger partial charge in [-0.25, -0.2) is 8.10 Å². The molecule has 4 nitrogen and oxygen atoms in total. The summed E-state index contributed by atoms with van der Waals surface area (Å²) in [5.74, 6) is 2.42. The van der Waals surface area contributed by atoms with E-state index in [1.54, 1.807) is 0 Å². The fourth-order valence-corrected chi connectivity index (χ4v) is 4.29. The molecule has 4 rings (SSSR count). The Kier molecular flexibility index (Phi) is 3.34. The van der Waals surface area contributed by atoms with Gasteiger partial charge < -0.3 is 9.55 Å². The number of H-pyrrole nitrogens is 1. The van der Waals surface area contributed by atoms with Crippen molar-refractivity contribution >= 4 is 22.9 Å². The van der Waals surface area contributed by atoms with Crippen LogP contribution in [0.15, 0.2) is 24.7 Å². The van der Waals surface area contributed by atoms with E-state index in [4.69, 9.17) is 4.98 Å². The van der Waals surface area contributed by atoms with E-state index < -0.39 is 0 Å². The molecular formula is C15H19IN4. The number of aromatic amines is 1.